The highest BCUT2D eigenvalue weighted by Crippen LogP contribution is 2.26. The Balaban J connectivity index is 2.64. The second-order valence-corrected chi connectivity index (χ2v) is 6.62. The Labute approximate surface area is 138 Å². The first-order chi connectivity index (χ1) is 11.0. The number of rotatable bonds is 3. The molecule has 2 aromatic carbocycles. The van der Waals surface area contributed by atoms with Crippen molar-refractivity contribution in [3.8, 4) is 23.8 Å². The lowest BCUT2D eigenvalue weighted by molar-refractivity contribution is 0.596. The number of sulfonamides is 1. The van der Waals surface area contributed by atoms with Gasteiger partial charge in [-0.05, 0) is 45.0 Å². The summed E-state index contributed by atoms with van der Waals surface area (Å²) >= 11 is 0. The van der Waals surface area contributed by atoms with Crippen molar-refractivity contribution < 1.29 is 8.42 Å². The first-order valence-corrected chi connectivity index (χ1v) is 8.51. The van der Waals surface area contributed by atoms with E-state index in [1.54, 1.807) is 56.3 Å². The molecule has 4 heteroatoms. The van der Waals surface area contributed by atoms with Gasteiger partial charge in [0.25, 0.3) is 10.0 Å². The lowest BCUT2D eigenvalue weighted by Gasteiger charge is -2.19. The molecule has 0 radical (unpaired) electrons. The topological polar surface area (TPSA) is 37.4 Å². The number of hydrogen-bond donors (Lipinski definition) is 0. The summed E-state index contributed by atoms with van der Waals surface area (Å²) in [4.78, 5) is 0.199. The van der Waals surface area contributed by atoms with Crippen molar-refractivity contribution in [1.82, 2.24) is 0 Å². The van der Waals surface area contributed by atoms with Gasteiger partial charge in [-0.15, -0.1) is 5.92 Å². The number of para-hydroxylation sites is 1. The third kappa shape index (κ3) is 3.56. The highest BCUT2D eigenvalue weighted by molar-refractivity contribution is 7.93. The van der Waals surface area contributed by atoms with Crippen LogP contribution in [-0.4, -0.2) is 8.42 Å². The van der Waals surface area contributed by atoms with Gasteiger partial charge in [-0.25, -0.2) is 8.42 Å². The molecule has 2 rings (SSSR count). The molecule has 0 unspecified atom stereocenters. The molecule has 0 bridgehead atoms. The largest absolute Gasteiger partial charge is 0.275 e. The number of anilines is 1. The van der Waals surface area contributed by atoms with Gasteiger partial charge in [0.2, 0.25) is 0 Å². The van der Waals surface area contributed by atoms with E-state index in [-0.39, 0.29) is 4.90 Å². The second-order valence-electron chi connectivity index (χ2n) is 4.84. The van der Waals surface area contributed by atoms with Gasteiger partial charge >= 0.3 is 0 Å². The molecule has 116 valence electrons. The van der Waals surface area contributed by atoms with Gasteiger partial charge in [0.15, 0.2) is 0 Å². The van der Waals surface area contributed by atoms with Crippen molar-refractivity contribution in [3.05, 3.63) is 59.7 Å². The maximum Gasteiger partial charge on any atom is 0.275 e. The molecule has 0 amide bonds. The van der Waals surface area contributed by atoms with Crippen LogP contribution in [0.4, 0.5) is 5.69 Å². The summed E-state index contributed by atoms with van der Waals surface area (Å²) in [6.45, 7) is 5.22. The minimum atomic E-state index is -3.78. The SMILES string of the molecule is CC#Cc1ccccc1N(C#CC)S(=O)(=O)c1ccc(C)cc1. The van der Waals surface area contributed by atoms with Crippen LogP contribution in [0.3, 0.4) is 0 Å². The van der Waals surface area contributed by atoms with Crippen molar-refractivity contribution in [3.63, 3.8) is 0 Å². The standard InChI is InChI=1S/C19H17NO2S/c1-4-8-17-9-6-7-10-19(17)20(15-5-2)23(21,22)18-13-11-16(3)12-14-18/h6-7,9-14H,1-3H3. The van der Waals surface area contributed by atoms with E-state index in [1.165, 1.54) is 0 Å². The molecule has 0 atom stereocenters. The van der Waals surface area contributed by atoms with Crippen LogP contribution in [0.2, 0.25) is 0 Å². The van der Waals surface area contributed by atoms with Crippen LogP contribution in [0.25, 0.3) is 0 Å². The van der Waals surface area contributed by atoms with E-state index < -0.39 is 10.0 Å². The molecule has 0 aromatic heterocycles. The van der Waals surface area contributed by atoms with Gasteiger partial charge < -0.3 is 0 Å². The second kappa shape index (κ2) is 7.05. The van der Waals surface area contributed by atoms with Crippen LogP contribution in [-0.2, 0) is 10.0 Å². The molecular formula is C19H17NO2S. The van der Waals surface area contributed by atoms with E-state index >= 15 is 0 Å². The van der Waals surface area contributed by atoms with Crippen molar-refractivity contribution in [2.24, 2.45) is 0 Å². The van der Waals surface area contributed by atoms with Crippen LogP contribution in [0.15, 0.2) is 53.4 Å². The Bertz CT molecular complexity index is 921. The van der Waals surface area contributed by atoms with E-state index in [1.807, 2.05) is 13.0 Å². The fourth-order valence-electron chi connectivity index (χ4n) is 2.06. The van der Waals surface area contributed by atoms with Crippen molar-refractivity contribution in [2.45, 2.75) is 25.7 Å². The van der Waals surface area contributed by atoms with Gasteiger partial charge in [0.05, 0.1) is 16.1 Å². The molecular weight excluding hydrogens is 306 g/mol. The van der Waals surface area contributed by atoms with E-state index in [0.29, 0.717) is 11.3 Å². The Hall–Kier alpha value is -2.69. The van der Waals surface area contributed by atoms with Crippen molar-refractivity contribution in [1.29, 1.82) is 0 Å². The zero-order valence-electron chi connectivity index (χ0n) is 13.3. The number of benzene rings is 2. The zero-order valence-corrected chi connectivity index (χ0v) is 14.1. The van der Waals surface area contributed by atoms with Crippen molar-refractivity contribution in [2.75, 3.05) is 4.31 Å². The summed E-state index contributed by atoms with van der Waals surface area (Å²) in [5, 5.41) is 0. The molecule has 0 saturated carbocycles. The minimum absolute atomic E-state index is 0.199. The molecule has 0 saturated heterocycles. The maximum absolute atomic E-state index is 13.0. The summed E-state index contributed by atoms with van der Waals surface area (Å²) < 4.78 is 27.0. The average Bonchev–Trinajstić information content (AvgIpc) is 2.54. The Morgan fingerprint density at radius 2 is 1.57 bits per heavy atom. The predicted octanol–water partition coefficient (Wildman–Crippen LogP) is 3.54. The minimum Gasteiger partial charge on any atom is -0.200 e. The molecule has 0 spiro atoms. The molecule has 0 aliphatic rings. The van der Waals surface area contributed by atoms with Gasteiger partial charge in [0.1, 0.15) is 0 Å². The third-order valence-corrected chi connectivity index (χ3v) is 4.79. The summed E-state index contributed by atoms with van der Waals surface area (Å²) in [5.41, 5.74) is 2.07. The maximum atomic E-state index is 13.0. The molecule has 0 N–H and O–H groups in total. The average molecular weight is 323 g/mol. The van der Waals surface area contributed by atoms with Crippen molar-refractivity contribution >= 4 is 15.7 Å². The first-order valence-electron chi connectivity index (χ1n) is 7.07. The summed E-state index contributed by atoms with van der Waals surface area (Å²) in [5.74, 6) is 8.40. The number of aryl methyl sites for hydroxylation is 1. The van der Waals surface area contributed by atoms with E-state index in [9.17, 15) is 8.42 Å². The van der Waals surface area contributed by atoms with Crippen LogP contribution < -0.4 is 4.31 Å². The number of hydrogen-bond acceptors (Lipinski definition) is 2. The van der Waals surface area contributed by atoms with Crippen LogP contribution in [0, 0.1) is 30.7 Å². The van der Waals surface area contributed by atoms with Gasteiger partial charge in [0, 0.05) is 6.04 Å². The normalized spacial score (nSPS) is 10.0. The summed E-state index contributed by atoms with van der Waals surface area (Å²) in [6, 6.07) is 16.5. The van der Waals surface area contributed by atoms with Gasteiger partial charge in [-0.2, -0.15) is 4.31 Å². The summed E-state index contributed by atoms with van der Waals surface area (Å²) in [6.07, 6.45) is 0. The van der Waals surface area contributed by atoms with Crippen LogP contribution in [0.1, 0.15) is 25.0 Å². The monoisotopic (exact) mass is 323 g/mol. The molecule has 2 aromatic rings. The highest BCUT2D eigenvalue weighted by atomic mass is 32.2. The Morgan fingerprint density at radius 1 is 0.913 bits per heavy atom. The lowest BCUT2D eigenvalue weighted by Crippen LogP contribution is -2.27. The van der Waals surface area contributed by atoms with Gasteiger partial charge in [-0.1, -0.05) is 41.7 Å². The molecule has 0 aliphatic heterocycles. The summed E-state index contributed by atoms with van der Waals surface area (Å²) in [7, 11) is -3.78. The molecule has 0 fully saturated rings. The van der Waals surface area contributed by atoms with Crippen LogP contribution >= 0.6 is 0 Å². The molecule has 0 heterocycles. The fraction of sp³-hybridized carbons (Fsp3) is 0.158. The third-order valence-electron chi connectivity index (χ3n) is 3.16. The Kier molecular flexibility index (Phi) is 5.11. The van der Waals surface area contributed by atoms with E-state index in [4.69, 9.17) is 0 Å². The quantitative estimate of drug-likeness (QED) is 0.640. The smallest absolute Gasteiger partial charge is 0.200 e. The fourth-order valence-corrected chi connectivity index (χ4v) is 3.38. The lowest BCUT2D eigenvalue weighted by atomic mass is 10.2. The van der Waals surface area contributed by atoms with E-state index in [2.05, 4.69) is 23.8 Å². The highest BCUT2D eigenvalue weighted by Gasteiger charge is 2.25. The van der Waals surface area contributed by atoms with Crippen LogP contribution in [0.5, 0.6) is 0 Å². The molecule has 3 nitrogen and oxygen atoms in total. The Morgan fingerprint density at radius 3 is 2.17 bits per heavy atom. The molecule has 0 aliphatic carbocycles. The number of nitrogens with zero attached hydrogens (tertiary/aromatic N) is 1. The first kappa shape index (κ1) is 16.7. The van der Waals surface area contributed by atoms with Gasteiger partial charge in [-0.3, -0.25) is 0 Å². The van der Waals surface area contributed by atoms with E-state index in [0.717, 1.165) is 9.87 Å². The zero-order chi connectivity index (χ0) is 16.9. The molecule has 23 heavy (non-hydrogen) atoms. The predicted molar refractivity (Wildman–Crippen MR) is 93.3 cm³/mol.